The third kappa shape index (κ3) is 3.91. The molecular formula is C28H27N3O2. The molecule has 3 aromatic carbocycles. The first kappa shape index (κ1) is 21.0. The Morgan fingerprint density at radius 3 is 2.36 bits per heavy atom. The third-order valence-corrected chi connectivity index (χ3v) is 6.45. The average Bonchev–Trinajstić information content (AvgIpc) is 3.22. The van der Waals surface area contributed by atoms with E-state index in [-0.39, 0.29) is 11.6 Å². The summed E-state index contributed by atoms with van der Waals surface area (Å²) in [6.07, 6.45) is 0. The zero-order chi connectivity index (χ0) is 23.1. The van der Waals surface area contributed by atoms with Crippen molar-refractivity contribution in [1.29, 1.82) is 0 Å². The van der Waals surface area contributed by atoms with E-state index in [9.17, 15) is 9.90 Å². The van der Waals surface area contributed by atoms with Crippen molar-refractivity contribution in [2.75, 3.05) is 10.2 Å². The Labute approximate surface area is 193 Å². The van der Waals surface area contributed by atoms with Crippen LogP contribution in [-0.4, -0.2) is 16.1 Å². The normalized spacial score (nSPS) is 13.7. The molecule has 4 aromatic rings. The number of aryl methyl sites for hydroxylation is 2. The summed E-state index contributed by atoms with van der Waals surface area (Å²) in [5.74, 6) is -0.937. The standard InChI is InChI=1S/C28H27N3O2/c1-17-12-23(18(2)29-25-11-7-6-10-22(25)28(32)33)24-14-27(19(3)30-26(24)13-17)31-15-20-8-4-5-9-21(20)16-31/h4-14,18,29H,15-16H2,1-3H3,(H,32,33)/t18-/m1/s1. The van der Waals surface area contributed by atoms with Crippen LogP contribution in [0, 0.1) is 13.8 Å². The second-order valence-electron chi connectivity index (χ2n) is 8.86. The number of para-hydroxylation sites is 1. The number of nitrogens with zero attached hydrogens (tertiary/aromatic N) is 2. The van der Waals surface area contributed by atoms with Crippen LogP contribution >= 0.6 is 0 Å². The van der Waals surface area contributed by atoms with Gasteiger partial charge in [-0.25, -0.2) is 4.79 Å². The molecule has 0 aliphatic carbocycles. The summed E-state index contributed by atoms with van der Waals surface area (Å²) in [4.78, 5) is 19.0. The highest BCUT2D eigenvalue weighted by Gasteiger charge is 2.22. The summed E-state index contributed by atoms with van der Waals surface area (Å²) in [6.45, 7) is 7.97. The molecule has 1 atom stereocenters. The van der Waals surface area contributed by atoms with Gasteiger partial charge in [-0.2, -0.15) is 0 Å². The number of hydrogen-bond donors (Lipinski definition) is 2. The lowest BCUT2D eigenvalue weighted by atomic mass is 9.98. The molecule has 0 radical (unpaired) electrons. The van der Waals surface area contributed by atoms with Crippen molar-refractivity contribution >= 4 is 28.2 Å². The first-order valence-corrected chi connectivity index (χ1v) is 11.2. The molecule has 5 heteroatoms. The van der Waals surface area contributed by atoms with Gasteiger partial charge in [0.25, 0.3) is 0 Å². The molecule has 0 bridgehead atoms. The summed E-state index contributed by atoms with van der Waals surface area (Å²) >= 11 is 0. The van der Waals surface area contributed by atoms with E-state index in [0.29, 0.717) is 5.69 Å². The van der Waals surface area contributed by atoms with Gasteiger partial charge in [-0.05, 0) is 67.3 Å². The largest absolute Gasteiger partial charge is 0.478 e. The van der Waals surface area contributed by atoms with Gasteiger partial charge in [0, 0.05) is 30.2 Å². The van der Waals surface area contributed by atoms with Crippen LogP contribution in [0.3, 0.4) is 0 Å². The molecule has 5 nitrogen and oxygen atoms in total. The van der Waals surface area contributed by atoms with Gasteiger partial charge >= 0.3 is 5.97 Å². The van der Waals surface area contributed by atoms with E-state index in [0.717, 1.165) is 46.5 Å². The van der Waals surface area contributed by atoms with Crippen LogP contribution in [0.2, 0.25) is 0 Å². The maximum atomic E-state index is 11.7. The average molecular weight is 438 g/mol. The van der Waals surface area contributed by atoms with Crippen LogP contribution in [0.15, 0.2) is 66.7 Å². The quantitative estimate of drug-likeness (QED) is 0.387. The number of benzene rings is 3. The number of carboxylic acid groups (broad SMARTS) is 1. The molecule has 0 spiro atoms. The van der Waals surface area contributed by atoms with Gasteiger partial charge < -0.3 is 15.3 Å². The molecule has 0 saturated carbocycles. The number of rotatable bonds is 5. The minimum Gasteiger partial charge on any atom is -0.478 e. The number of aromatic carboxylic acids is 1. The van der Waals surface area contributed by atoms with Gasteiger partial charge in [-0.3, -0.25) is 4.98 Å². The molecule has 1 aliphatic rings. The summed E-state index contributed by atoms with van der Waals surface area (Å²) in [5, 5.41) is 14.1. The van der Waals surface area contributed by atoms with Gasteiger partial charge in [0.15, 0.2) is 0 Å². The SMILES string of the molecule is Cc1cc([C@@H](C)Nc2ccccc2C(=O)O)c2cc(N3Cc4ccccc4C3)c(C)nc2c1. The first-order valence-electron chi connectivity index (χ1n) is 11.2. The molecule has 1 aromatic heterocycles. The number of aromatic nitrogens is 1. The van der Waals surface area contributed by atoms with Crippen LogP contribution in [0.5, 0.6) is 0 Å². The van der Waals surface area contributed by atoms with Gasteiger partial charge in [0.2, 0.25) is 0 Å². The molecule has 1 aliphatic heterocycles. The van der Waals surface area contributed by atoms with Crippen molar-refractivity contribution < 1.29 is 9.90 Å². The number of carboxylic acids is 1. The summed E-state index contributed by atoms with van der Waals surface area (Å²) in [7, 11) is 0. The fourth-order valence-corrected chi connectivity index (χ4v) is 4.82. The maximum Gasteiger partial charge on any atom is 0.337 e. The van der Waals surface area contributed by atoms with Crippen LogP contribution < -0.4 is 10.2 Å². The van der Waals surface area contributed by atoms with E-state index >= 15 is 0 Å². The Kier molecular flexibility index (Phi) is 5.25. The topological polar surface area (TPSA) is 65.5 Å². The lowest BCUT2D eigenvalue weighted by molar-refractivity contribution is 0.0698. The molecule has 0 unspecified atom stereocenters. The minimum absolute atomic E-state index is 0.0963. The van der Waals surface area contributed by atoms with E-state index in [1.807, 2.05) is 12.1 Å². The highest BCUT2D eigenvalue weighted by Crippen LogP contribution is 2.35. The van der Waals surface area contributed by atoms with Crippen molar-refractivity contribution in [2.24, 2.45) is 0 Å². The van der Waals surface area contributed by atoms with E-state index in [1.165, 1.54) is 11.1 Å². The van der Waals surface area contributed by atoms with E-state index in [4.69, 9.17) is 4.98 Å². The molecule has 2 N–H and O–H groups in total. The lowest BCUT2D eigenvalue weighted by Crippen LogP contribution is -2.17. The molecule has 33 heavy (non-hydrogen) atoms. The van der Waals surface area contributed by atoms with E-state index < -0.39 is 5.97 Å². The first-order chi connectivity index (χ1) is 15.9. The minimum atomic E-state index is -0.937. The Morgan fingerprint density at radius 1 is 1.00 bits per heavy atom. The number of fused-ring (bicyclic) bond motifs is 2. The van der Waals surface area contributed by atoms with E-state index in [2.05, 4.69) is 73.5 Å². The van der Waals surface area contributed by atoms with Crippen molar-refractivity contribution in [2.45, 2.75) is 39.9 Å². The van der Waals surface area contributed by atoms with Gasteiger partial charge in [-0.1, -0.05) is 42.5 Å². The maximum absolute atomic E-state index is 11.7. The Morgan fingerprint density at radius 2 is 1.67 bits per heavy atom. The van der Waals surface area contributed by atoms with Crippen LogP contribution in [0.1, 0.15) is 51.3 Å². The number of carbonyl (C=O) groups is 1. The Balaban J connectivity index is 1.55. The van der Waals surface area contributed by atoms with Gasteiger partial charge in [-0.15, -0.1) is 0 Å². The second kappa shape index (κ2) is 8.24. The summed E-state index contributed by atoms with van der Waals surface area (Å²) in [5.41, 5.74) is 8.96. The number of pyridine rings is 1. The molecule has 0 saturated heterocycles. The highest BCUT2D eigenvalue weighted by atomic mass is 16.4. The zero-order valence-electron chi connectivity index (χ0n) is 19.1. The lowest BCUT2D eigenvalue weighted by Gasteiger charge is -2.23. The smallest absolute Gasteiger partial charge is 0.337 e. The van der Waals surface area contributed by atoms with Crippen LogP contribution in [0.4, 0.5) is 11.4 Å². The summed E-state index contributed by atoms with van der Waals surface area (Å²) < 4.78 is 0. The summed E-state index contributed by atoms with van der Waals surface area (Å²) in [6, 6.07) is 22.1. The molecule has 0 amide bonds. The Bertz CT molecular complexity index is 1350. The Hall–Kier alpha value is -3.86. The van der Waals surface area contributed by atoms with Crippen molar-refractivity contribution in [3.8, 4) is 0 Å². The highest BCUT2D eigenvalue weighted by molar-refractivity contribution is 5.94. The monoisotopic (exact) mass is 437 g/mol. The molecule has 166 valence electrons. The van der Waals surface area contributed by atoms with Crippen LogP contribution in [-0.2, 0) is 13.1 Å². The van der Waals surface area contributed by atoms with Gasteiger partial charge in [0.05, 0.1) is 22.5 Å². The van der Waals surface area contributed by atoms with Gasteiger partial charge in [0.1, 0.15) is 0 Å². The predicted octanol–water partition coefficient (Wildman–Crippen LogP) is 6.24. The molecular weight excluding hydrogens is 410 g/mol. The second-order valence-corrected chi connectivity index (χ2v) is 8.86. The predicted molar refractivity (Wildman–Crippen MR) is 133 cm³/mol. The zero-order valence-corrected chi connectivity index (χ0v) is 19.1. The molecule has 0 fully saturated rings. The van der Waals surface area contributed by atoms with Crippen molar-refractivity contribution in [3.63, 3.8) is 0 Å². The number of nitrogens with one attached hydrogen (secondary N) is 1. The van der Waals surface area contributed by atoms with Crippen molar-refractivity contribution in [1.82, 2.24) is 4.98 Å². The van der Waals surface area contributed by atoms with Crippen LogP contribution in [0.25, 0.3) is 10.9 Å². The molecule has 2 heterocycles. The fraction of sp³-hybridized carbons (Fsp3) is 0.214. The van der Waals surface area contributed by atoms with E-state index in [1.54, 1.807) is 12.1 Å². The molecule has 5 rings (SSSR count). The number of anilines is 2. The third-order valence-electron chi connectivity index (χ3n) is 6.45. The fourth-order valence-electron chi connectivity index (χ4n) is 4.82. The number of hydrogen-bond acceptors (Lipinski definition) is 4. The van der Waals surface area contributed by atoms with Crippen molar-refractivity contribution in [3.05, 3.63) is 100 Å².